The minimum Gasteiger partial charge on any atom is -0.315 e. The first kappa shape index (κ1) is 12.9. The number of carbonyl (C=O) groups excluding carboxylic acids is 2. The summed E-state index contributed by atoms with van der Waals surface area (Å²) in [5.74, 6) is -1.74. The summed E-state index contributed by atoms with van der Waals surface area (Å²) in [4.78, 5) is 34.5. The molecule has 8 heteroatoms. The molecular formula is C11H8ClN5O2. The summed E-state index contributed by atoms with van der Waals surface area (Å²) in [6, 6.07) is 4.70. The molecule has 2 heterocycles. The molecular weight excluding hydrogens is 270 g/mol. The maximum atomic E-state index is 11.6. The maximum absolute atomic E-state index is 11.6. The fraction of sp³-hybridized carbons (Fsp3) is 0. The zero-order valence-corrected chi connectivity index (χ0v) is 10.3. The lowest BCUT2D eigenvalue weighted by Gasteiger charge is -2.05. The van der Waals surface area contributed by atoms with Crippen LogP contribution in [0.1, 0.15) is 0 Å². The van der Waals surface area contributed by atoms with E-state index < -0.39 is 11.8 Å². The van der Waals surface area contributed by atoms with E-state index in [1.807, 2.05) is 0 Å². The molecule has 0 fully saturated rings. The van der Waals surface area contributed by atoms with Crippen LogP contribution in [0.15, 0.2) is 36.8 Å². The number of nitrogens with one attached hydrogen (secondary N) is 2. The average Bonchev–Trinajstić information content (AvgIpc) is 2.42. The molecule has 96 valence electrons. The standard InChI is InChI=1S/C11H8ClN5O2/c12-8-7(3-1-4-13-8)16-9(18)10(19)17-11-14-5-2-6-15-11/h1-6H,(H,16,18)(H,14,15,17,19). The van der Waals surface area contributed by atoms with Gasteiger partial charge in [0.15, 0.2) is 5.15 Å². The molecule has 2 rings (SSSR count). The zero-order valence-electron chi connectivity index (χ0n) is 9.50. The Labute approximate surface area is 113 Å². The highest BCUT2D eigenvalue weighted by atomic mass is 35.5. The topological polar surface area (TPSA) is 96.9 Å². The summed E-state index contributed by atoms with van der Waals surface area (Å²) in [6.07, 6.45) is 4.35. The molecule has 0 atom stereocenters. The van der Waals surface area contributed by atoms with Crippen LogP contribution in [0.2, 0.25) is 5.15 Å². The van der Waals surface area contributed by atoms with Gasteiger partial charge in [0, 0.05) is 18.6 Å². The molecule has 2 aromatic rings. The highest BCUT2D eigenvalue weighted by molar-refractivity contribution is 6.44. The molecule has 0 unspecified atom stereocenters. The van der Waals surface area contributed by atoms with Crippen LogP contribution in [0.25, 0.3) is 0 Å². The van der Waals surface area contributed by atoms with Crippen LogP contribution in [0.4, 0.5) is 11.6 Å². The number of carbonyl (C=O) groups is 2. The van der Waals surface area contributed by atoms with Gasteiger partial charge >= 0.3 is 11.8 Å². The predicted octanol–water partition coefficient (Wildman–Crippen LogP) is 1.10. The van der Waals surface area contributed by atoms with Crippen molar-refractivity contribution in [3.63, 3.8) is 0 Å². The van der Waals surface area contributed by atoms with Crippen LogP contribution in [0.3, 0.4) is 0 Å². The monoisotopic (exact) mass is 277 g/mol. The molecule has 0 saturated heterocycles. The van der Waals surface area contributed by atoms with Crippen molar-refractivity contribution in [1.82, 2.24) is 15.0 Å². The Morgan fingerprint density at radius 3 is 2.26 bits per heavy atom. The molecule has 0 aliphatic carbocycles. The van der Waals surface area contributed by atoms with Gasteiger partial charge in [0.2, 0.25) is 5.95 Å². The Balaban J connectivity index is 2.01. The van der Waals surface area contributed by atoms with Crippen LogP contribution in [0, 0.1) is 0 Å². The van der Waals surface area contributed by atoms with Crippen molar-refractivity contribution >= 4 is 35.1 Å². The van der Waals surface area contributed by atoms with E-state index in [4.69, 9.17) is 11.6 Å². The molecule has 0 aliphatic rings. The normalized spacial score (nSPS) is 9.74. The quantitative estimate of drug-likeness (QED) is 0.633. The van der Waals surface area contributed by atoms with Crippen LogP contribution in [0.5, 0.6) is 0 Å². The van der Waals surface area contributed by atoms with E-state index in [1.165, 1.54) is 24.7 Å². The highest BCUT2D eigenvalue weighted by Crippen LogP contribution is 2.17. The number of anilines is 2. The van der Waals surface area contributed by atoms with Crippen LogP contribution < -0.4 is 10.6 Å². The van der Waals surface area contributed by atoms with E-state index in [0.29, 0.717) is 0 Å². The van der Waals surface area contributed by atoms with Gasteiger partial charge in [-0.15, -0.1) is 0 Å². The fourth-order valence-corrected chi connectivity index (χ4v) is 1.35. The lowest BCUT2D eigenvalue weighted by atomic mass is 10.4. The van der Waals surface area contributed by atoms with E-state index in [2.05, 4.69) is 25.6 Å². The number of rotatable bonds is 2. The summed E-state index contributed by atoms with van der Waals surface area (Å²) in [5.41, 5.74) is 0.248. The first-order chi connectivity index (χ1) is 9.16. The summed E-state index contributed by atoms with van der Waals surface area (Å²) in [7, 11) is 0. The Hall–Kier alpha value is -2.54. The largest absolute Gasteiger partial charge is 0.316 e. The van der Waals surface area contributed by atoms with Gasteiger partial charge in [-0.2, -0.15) is 0 Å². The smallest absolute Gasteiger partial charge is 0.315 e. The second-order valence-corrected chi connectivity index (χ2v) is 3.68. The fourth-order valence-electron chi connectivity index (χ4n) is 1.18. The zero-order chi connectivity index (χ0) is 13.7. The van der Waals surface area contributed by atoms with Crippen molar-refractivity contribution in [3.8, 4) is 0 Å². The number of hydrogen-bond donors (Lipinski definition) is 2. The van der Waals surface area contributed by atoms with Gasteiger partial charge in [0.1, 0.15) is 0 Å². The summed E-state index contributed by atoms with van der Waals surface area (Å²) in [5, 5.41) is 4.67. The third kappa shape index (κ3) is 3.46. The number of hydrogen-bond acceptors (Lipinski definition) is 5. The van der Waals surface area contributed by atoms with Gasteiger partial charge in [0.05, 0.1) is 5.69 Å². The number of halogens is 1. The molecule has 7 nitrogen and oxygen atoms in total. The Bertz CT molecular complexity index is 605. The van der Waals surface area contributed by atoms with Crippen molar-refractivity contribution in [2.75, 3.05) is 10.6 Å². The average molecular weight is 278 g/mol. The number of aromatic nitrogens is 3. The second-order valence-electron chi connectivity index (χ2n) is 3.32. The Kier molecular flexibility index (Phi) is 3.99. The van der Waals surface area contributed by atoms with E-state index >= 15 is 0 Å². The van der Waals surface area contributed by atoms with Crippen LogP contribution >= 0.6 is 11.6 Å². The Morgan fingerprint density at radius 2 is 1.58 bits per heavy atom. The lowest BCUT2D eigenvalue weighted by Crippen LogP contribution is -2.29. The third-order valence-electron chi connectivity index (χ3n) is 2.00. The van der Waals surface area contributed by atoms with Gasteiger partial charge in [-0.05, 0) is 18.2 Å². The molecule has 2 N–H and O–H groups in total. The molecule has 0 saturated carbocycles. The number of pyridine rings is 1. The minimum absolute atomic E-state index is 0.0416. The first-order valence-electron chi connectivity index (χ1n) is 5.16. The second kappa shape index (κ2) is 5.87. The van der Waals surface area contributed by atoms with Crippen molar-refractivity contribution in [1.29, 1.82) is 0 Å². The number of amides is 2. The molecule has 2 amide bonds. The van der Waals surface area contributed by atoms with Gasteiger partial charge in [-0.3, -0.25) is 14.9 Å². The third-order valence-corrected chi connectivity index (χ3v) is 2.31. The SMILES string of the molecule is O=C(Nc1ncccn1)C(=O)Nc1cccnc1Cl. The van der Waals surface area contributed by atoms with Gasteiger partial charge in [-0.25, -0.2) is 15.0 Å². The maximum Gasteiger partial charge on any atom is 0.316 e. The predicted molar refractivity (Wildman–Crippen MR) is 68.5 cm³/mol. The van der Waals surface area contributed by atoms with Crippen molar-refractivity contribution in [3.05, 3.63) is 41.9 Å². The molecule has 2 aromatic heterocycles. The van der Waals surface area contributed by atoms with E-state index in [1.54, 1.807) is 12.1 Å². The van der Waals surface area contributed by atoms with Crippen LogP contribution in [-0.2, 0) is 9.59 Å². The van der Waals surface area contributed by atoms with Crippen LogP contribution in [-0.4, -0.2) is 26.8 Å². The van der Waals surface area contributed by atoms with Crippen molar-refractivity contribution in [2.45, 2.75) is 0 Å². The first-order valence-corrected chi connectivity index (χ1v) is 5.54. The molecule has 19 heavy (non-hydrogen) atoms. The molecule has 0 aromatic carbocycles. The molecule has 0 radical (unpaired) electrons. The van der Waals surface area contributed by atoms with Gasteiger partial charge < -0.3 is 5.32 Å². The van der Waals surface area contributed by atoms with Crippen molar-refractivity contribution < 1.29 is 9.59 Å². The van der Waals surface area contributed by atoms with Gasteiger partial charge in [0.25, 0.3) is 0 Å². The summed E-state index contributed by atoms with van der Waals surface area (Å²) < 4.78 is 0. The summed E-state index contributed by atoms with van der Waals surface area (Å²) in [6.45, 7) is 0. The molecule has 0 spiro atoms. The minimum atomic E-state index is -0.897. The summed E-state index contributed by atoms with van der Waals surface area (Å²) >= 11 is 5.75. The lowest BCUT2D eigenvalue weighted by molar-refractivity contribution is -0.133. The Morgan fingerprint density at radius 1 is 0.947 bits per heavy atom. The number of nitrogens with zero attached hydrogens (tertiary/aromatic N) is 3. The van der Waals surface area contributed by atoms with E-state index in [-0.39, 0.29) is 16.8 Å². The molecule has 0 bridgehead atoms. The van der Waals surface area contributed by atoms with E-state index in [0.717, 1.165) is 0 Å². The highest BCUT2D eigenvalue weighted by Gasteiger charge is 2.16. The molecule has 0 aliphatic heterocycles. The van der Waals surface area contributed by atoms with Crippen molar-refractivity contribution in [2.24, 2.45) is 0 Å². The van der Waals surface area contributed by atoms with E-state index in [9.17, 15) is 9.59 Å². The van der Waals surface area contributed by atoms with Gasteiger partial charge in [-0.1, -0.05) is 11.6 Å².